The van der Waals surface area contributed by atoms with Crippen LogP contribution in [0.2, 0.25) is 0 Å². The summed E-state index contributed by atoms with van der Waals surface area (Å²) in [6, 6.07) is 2.69. The molecule has 2 saturated heterocycles. The van der Waals surface area contributed by atoms with Gasteiger partial charge in [-0.2, -0.15) is 18.4 Å². The Morgan fingerprint density at radius 3 is 2.67 bits per heavy atom. The maximum Gasteiger partial charge on any atom is 0.417 e. The van der Waals surface area contributed by atoms with Gasteiger partial charge >= 0.3 is 12.1 Å². The third kappa shape index (κ3) is 3.94. The van der Waals surface area contributed by atoms with Gasteiger partial charge in [0, 0.05) is 32.1 Å². The Labute approximate surface area is 155 Å². The molecule has 3 heterocycles. The second-order valence-corrected chi connectivity index (χ2v) is 7.20. The second kappa shape index (κ2) is 7.25. The van der Waals surface area contributed by atoms with Crippen LogP contribution in [0.3, 0.4) is 0 Å². The lowest BCUT2D eigenvalue weighted by Gasteiger charge is -2.40. The average molecular weight is 382 g/mol. The van der Waals surface area contributed by atoms with Gasteiger partial charge < -0.3 is 14.9 Å². The van der Waals surface area contributed by atoms with Crippen LogP contribution < -0.4 is 9.80 Å². The second-order valence-electron chi connectivity index (χ2n) is 7.20. The van der Waals surface area contributed by atoms with Gasteiger partial charge in [0.05, 0.1) is 5.56 Å². The number of pyridine rings is 1. The van der Waals surface area contributed by atoms with E-state index >= 15 is 0 Å². The molecule has 2 fully saturated rings. The fourth-order valence-electron chi connectivity index (χ4n) is 3.66. The van der Waals surface area contributed by atoms with Crippen LogP contribution in [-0.4, -0.2) is 41.7 Å². The first-order valence-corrected chi connectivity index (χ1v) is 8.96. The number of nitrogens with zero attached hydrogens (tertiary/aromatic N) is 4. The number of anilines is 2. The Morgan fingerprint density at radius 1 is 1.41 bits per heavy atom. The van der Waals surface area contributed by atoms with Crippen molar-refractivity contribution in [2.75, 3.05) is 29.4 Å². The molecule has 146 valence electrons. The molecule has 3 rings (SSSR count). The number of nitriles is 1. The predicted octanol–water partition coefficient (Wildman–Crippen LogP) is 3.26. The van der Waals surface area contributed by atoms with Gasteiger partial charge in [0.15, 0.2) is 0 Å². The number of halogens is 3. The van der Waals surface area contributed by atoms with E-state index in [0.29, 0.717) is 32.5 Å². The van der Waals surface area contributed by atoms with E-state index in [4.69, 9.17) is 5.11 Å². The first-order chi connectivity index (χ1) is 12.7. The number of aliphatic carboxylic acids is 1. The zero-order chi connectivity index (χ0) is 19.8. The molecule has 6 nitrogen and oxygen atoms in total. The van der Waals surface area contributed by atoms with Crippen molar-refractivity contribution >= 4 is 17.6 Å². The van der Waals surface area contributed by atoms with E-state index in [1.54, 1.807) is 15.9 Å². The van der Waals surface area contributed by atoms with E-state index in [0.717, 1.165) is 12.5 Å². The lowest BCUT2D eigenvalue weighted by Crippen LogP contribution is -2.47. The number of aromatic nitrogens is 1. The molecule has 0 aliphatic carbocycles. The normalized spacial score (nSPS) is 22.5. The van der Waals surface area contributed by atoms with Crippen LogP contribution in [0.5, 0.6) is 0 Å². The highest BCUT2D eigenvalue weighted by molar-refractivity contribution is 5.67. The highest BCUT2D eigenvalue weighted by Gasteiger charge is 2.39. The first-order valence-electron chi connectivity index (χ1n) is 8.96. The summed E-state index contributed by atoms with van der Waals surface area (Å²) in [6.45, 7) is 3.46. The van der Waals surface area contributed by atoms with E-state index in [-0.39, 0.29) is 30.0 Å². The van der Waals surface area contributed by atoms with E-state index in [9.17, 15) is 23.2 Å². The Bertz CT molecular complexity index is 775. The molecular formula is C18H21F3N4O2. The van der Waals surface area contributed by atoms with Gasteiger partial charge in [-0.1, -0.05) is 0 Å². The predicted molar refractivity (Wildman–Crippen MR) is 92.6 cm³/mol. The van der Waals surface area contributed by atoms with Gasteiger partial charge in [-0.05, 0) is 38.2 Å². The Hall–Kier alpha value is -2.50. The molecule has 1 N–H and O–H groups in total. The minimum absolute atomic E-state index is 0.0443. The van der Waals surface area contributed by atoms with Crippen molar-refractivity contribution in [3.05, 3.63) is 17.2 Å². The van der Waals surface area contributed by atoms with Gasteiger partial charge in [0.1, 0.15) is 23.3 Å². The van der Waals surface area contributed by atoms with E-state index < -0.39 is 23.3 Å². The van der Waals surface area contributed by atoms with Crippen LogP contribution in [0.15, 0.2) is 6.07 Å². The monoisotopic (exact) mass is 382 g/mol. The topological polar surface area (TPSA) is 80.5 Å². The number of carboxylic acids is 1. The number of carbonyl (C=O) groups is 1. The molecule has 1 unspecified atom stereocenters. The quantitative estimate of drug-likeness (QED) is 0.842. The fourth-order valence-corrected chi connectivity index (χ4v) is 3.66. The number of hydrogen-bond donors (Lipinski definition) is 1. The maximum atomic E-state index is 13.6. The number of carboxylic acid groups (broad SMARTS) is 1. The zero-order valence-electron chi connectivity index (χ0n) is 15.0. The molecule has 9 heteroatoms. The summed E-state index contributed by atoms with van der Waals surface area (Å²) in [6.07, 6.45) is -2.55. The first kappa shape index (κ1) is 19.3. The molecule has 1 aromatic rings. The Morgan fingerprint density at radius 2 is 2.15 bits per heavy atom. The molecule has 1 aromatic heterocycles. The third-order valence-electron chi connectivity index (χ3n) is 5.37. The van der Waals surface area contributed by atoms with E-state index in [1.807, 2.05) is 6.92 Å². The molecule has 0 aromatic carbocycles. The van der Waals surface area contributed by atoms with Gasteiger partial charge in [0.2, 0.25) is 0 Å². The molecule has 0 radical (unpaired) electrons. The number of alkyl halides is 3. The zero-order valence-corrected chi connectivity index (χ0v) is 15.0. The van der Waals surface area contributed by atoms with Crippen molar-refractivity contribution in [1.29, 1.82) is 5.26 Å². The Kier molecular flexibility index (Phi) is 5.18. The lowest BCUT2D eigenvalue weighted by molar-refractivity contribution is -0.138. The molecule has 0 amide bonds. The smallest absolute Gasteiger partial charge is 0.417 e. The summed E-state index contributed by atoms with van der Waals surface area (Å²) < 4.78 is 40.7. The molecule has 2 atom stereocenters. The van der Waals surface area contributed by atoms with Crippen molar-refractivity contribution in [3.8, 4) is 6.07 Å². The van der Waals surface area contributed by atoms with Crippen molar-refractivity contribution in [2.24, 2.45) is 5.92 Å². The molecule has 27 heavy (non-hydrogen) atoms. The average Bonchev–Trinajstić information content (AvgIpc) is 3.06. The summed E-state index contributed by atoms with van der Waals surface area (Å²) in [5.41, 5.74) is -1.39. The molecule has 2 aliphatic heterocycles. The fraction of sp³-hybridized carbons (Fsp3) is 0.611. The standard InChI is InChI=1S/C18H21F3N4O2/c1-11-4-7-25(11)17-13(9-22)14(18(19,20)21)8-15(23-17)24-6-5-12(10-24)2-3-16(26)27/h8,11-12H,2-7,10H2,1H3,(H,26,27)/t11-,12?/m0/s1. The highest BCUT2D eigenvalue weighted by atomic mass is 19.4. The maximum absolute atomic E-state index is 13.6. The van der Waals surface area contributed by atoms with Crippen LogP contribution in [0.25, 0.3) is 0 Å². The third-order valence-corrected chi connectivity index (χ3v) is 5.37. The highest BCUT2D eigenvalue weighted by Crippen LogP contribution is 2.40. The molecule has 0 bridgehead atoms. The van der Waals surface area contributed by atoms with Gasteiger partial charge in [-0.25, -0.2) is 4.98 Å². The minimum atomic E-state index is -4.64. The van der Waals surface area contributed by atoms with Crippen molar-refractivity contribution < 1.29 is 23.1 Å². The van der Waals surface area contributed by atoms with Crippen LogP contribution in [0.1, 0.15) is 43.7 Å². The summed E-state index contributed by atoms with van der Waals surface area (Å²) >= 11 is 0. The number of hydrogen-bond acceptors (Lipinski definition) is 5. The van der Waals surface area contributed by atoms with Crippen molar-refractivity contribution in [2.45, 2.75) is 44.8 Å². The lowest BCUT2D eigenvalue weighted by atomic mass is 10.0. The van der Waals surface area contributed by atoms with Gasteiger partial charge in [0.25, 0.3) is 0 Å². The number of rotatable bonds is 5. The summed E-state index contributed by atoms with van der Waals surface area (Å²) in [5, 5.41) is 18.2. The van der Waals surface area contributed by atoms with Gasteiger partial charge in [-0.3, -0.25) is 4.79 Å². The van der Waals surface area contributed by atoms with Crippen LogP contribution >= 0.6 is 0 Å². The summed E-state index contributed by atoms with van der Waals surface area (Å²) in [4.78, 5) is 18.6. The minimum Gasteiger partial charge on any atom is -0.481 e. The van der Waals surface area contributed by atoms with Crippen LogP contribution in [0.4, 0.5) is 24.8 Å². The molecule has 2 aliphatic rings. The summed E-state index contributed by atoms with van der Waals surface area (Å²) in [5.74, 6) is -0.471. The van der Waals surface area contributed by atoms with Crippen LogP contribution in [0, 0.1) is 17.2 Å². The van der Waals surface area contributed by atoms with Crippen LogP contribution in [-0.2, 0) is 11.0 Å². The molecule has 0 spiro atoms. The van der Waals surface area contributed by atoms with Crippen molar-refractivity contribution in [3.63, 3.8) is 0 Å². The molecule has 0 saturated carbocycles. The van der Waals surface area contributed by atoms with Gasteiger partial charge in [-0.15, -0.1) is 0 Å². The van der Waals surface area contributed by atoms with E-state index in [1.165, 1.54) is 0 Å². The van der Waals surface area contributed by atoms with Crippen molar-refractivity contribution in [1.82, 2.24) is 4.98 Å². The Balaban J connectivity index is 1.93. The molecular weight excluding hydrogens is 361 g/mol. The summed E-state index contributed by atoms with van der Waals surface area (Å²) in [7, 11) is 0. The largest absolute Gasteiger partial charge is 0.481 e. The SMILES string of the molecule is C[C@H]1CCN1c1nc(N2CCC(CCC(=O)O)C2)cc(C(F)(F)F)c1C#N. The van der Waals surface area contributed by atoms with E-state index in [2.05, 4.69) is 4.98 Å².